The lowest BCUT2D eigenvalue weighted by Gasteiger charge is -2.19. The molecule has 0 saturated heterocycles. The number of carbonyl (C=O) groups excluding carboxylic acids is 1. The third-order valence-electron chi connectivity index (χ3n) is 4.53. The van der Waals surface area contributed by atoms with Gasteiger partial charge in [-0.05, 0) is 23.3 Å². The zero-order valence-corrected chi connectivity index (χ0v) is 18.5. The highest BCUT2D eigenvalue weighted by Gasteiger charge is 2.34. The molecule has 0 fully saturated rings. The number of halogens is 4. The molecule has 3 rings (SSSR count). The monoisotopic (exact) mass is 479 g/mol. The van der Waals surface area contributed by atoms with Crippen LogP contribution < -0.4 is 5.32 Å². The van der Waals surface area contributed by atoms with Crippen LogP contribution in [0.2, 0.25) is 5.02 Å². The van der Waals surface area contributed by atoms with Gasteiger partial charge in [0.15, 0.2) is 0 Å². The summed E-state index contributed by atoms with van der Waals surface area (Å²) in [6.45, 7) is 0.367. The van der Waals surface area contributed by atoms with E-state index in [1.807, 2.05) is 60.7 Å². The van der Waals surface area contributed by atoms with Gasteiger partial charge >= 0.3 is 6.18 Å². The topological polar surface area (TPSA) is 38.3 Å². The second-order valence-electron chi connectivity index (χ2n) is 6.83. The highest BCUT2D eigenvalue weighted by Crippen LogP contribution is 2.38. The second-order valence-corrected chi connectivity index (χ2v) is 8.35. The Kier molecular flexibility index (Phi) is 8.61. The lowest BCUT2D eigenvalue weighted by molar-refractivity contribution is -0.137. The number of ether oxygens (including phenoxy) is 1. The van der Waals surface area contributed by atoms with Crippen molar-refractivity contribution >= 4 is 35.0 Å². The normalized spacial score (nSPS) is 11.5. The van der Waals surface area contributed by atoms with Crippen molar-refractivity contribution in [1.29, 1.82) is 0 Å². The first-order valence-corrected chi connectivity index (χ1v) is 11.3. The zero-order valence-electron chi connectivity index (χ0n) is 16.9. The van der Waals surface area contributed by atoms with Crippen LogP contribution >= 0.6 is 23.4 Å². The largest absolute Gasteiger partial charge is 0.418 e. The first kappa shape index (κ1) is 24.2. The molecule has 1 amide bonds. The first-order chi connectivity index (χ1) is 15.4. The fourth-order valence-corrected chi connectivity index (χ4v) is 3.93. The van der Waals surface area contributed by atoms with E-state index in [1.54, 1.807) is 0 Å². The minimum atomic E-state index is -4.61. The lowest BCUT2D eigenvalue weighted by atomic mass is 10.0. The summed E-state index contributed by atoms with van der Waals surface area (Å²) in [5.74, 6) is -0.0814. The second kappa shape index (κ2) is 11.4. The fraction of sp³-hybridized carbons (Fsp3) is 0.208. The lowest BCUT2D eigenvalue weighted by Crippen LogP contribution is -2.19. The minimum Gasteiger partial charge on any atom is -0.368 e. The molecule has 1 N–H and O–H groups in total. The SMILES string of the molecule is O=C(CSCCOC(c1ccccc1)c1ccccc1)Nc1c(Cl)cccc1C(F)(F)F. The van der Waals surface area contributed by atoms with E-state index in [1.165, 1.54) is 23.9 Å². The molecule has 32 heavy (non-hydrogen) atoms. The standard InChI is InChI=1S/C24H21ClF3NO2S/c25-20-13-7-12-19(24(26,27)28)22(20)29-21(30)16-32-15-14-31-23(17-8-3-1-4-9-17)18-10-5-2-6-11-18/h1-13,23H,14-16H2,(H,29,30). The number of para-hydroxylation sites is 1. The minimum absolute atomic E-state index is 0.0206. The van der Waals surface area contributed by atoms with Gasteiger partial charge in [-0.15, -0.1) is 11.8 Å². The molecule has 0 aliphatic carbocycles. The van der Waals surface area contributed by atoms with Crippen molar-refractivity contribution in [1.82, 2.24) is 0 Å². The highest BCUT2D eigenvalue weighted by atomic mass is 35.5. The summed E-state index contributed by atoms with van der Waals surface area (Å²) in [6, 6.07) is 23.0. The molecule has 8 heteroatoms. The Bertz CT molecular complexity index is 977. The molecule has 0 aliphatic heterocycles. The molecule has 0 saturated carbocycles. The van der Waals surface area contributed by atoms with Gasteiger partial charge in [0.1, 0.15) is 6.10 Å². The molecular weight excluding hydrogens is 459 g/mol. The molecule has 3 aromatic rings. The molecule has 0 unspecified atom stereocenters. The number of rotatable bonds is 9. The van der Waals surface area contributed by atoms with E-state index < -0.39 is 23.3 Å². The van der Waals surface area contributed by atoms with Crippen molar-refractivity contribution in [2.75, 3.05) is 23.4 Å². The van der Waals surface area contributed by atoms with Crippen LogP contribution in [0.3, 0.4) is 0 Å². The quantitative estimate of drug-likeness (QED) is 0.341. The molecule has 0 atom stereocenters. The molecule has 0 spiro atoms. The maximum absolute atomic E-state index is 13.2. The van der Waals surface area contributed by atoms with E-state index >= 15 is 0 Å². The summed E-state index contributed by atoms with van der Waals surface area (Å²) in [6.07, 6.45) is -4.86. The Morgan fingerprint density at radius 3 is 2.09 bits per heavy atom. The molecule has 3 nitrogen and oxygen atoms in total. The average Bonchev–Trinajstić information content (AvgIpc) is 2.78. The van der Waals surface area contributed by atoms with Crippen LogP contribution in [0.15, 0.2) is 78.9 Å². The number of benzene rings is 3. The molecule has 168 valence electrons. The number of thioether (sulfide) groups is 1. The number of carbonyl (C=O) groups is 1. The van der Waals surface area contributed by atoms with Crippen LogP contribution in [0.4, 0.5) is 18.9 Å². The molecular formula is C24H21ClF3NO2S. The average molecular weight is 480 g/mol. The predicted octanol–water partition coefficient (Wildman–Crippen LogP) is 6.84. The summed E-state index contributed by atoms with van der Waals surface area (Å²) in [7, 11) is 0. The van der Waals surface area contributed by atoms with Crippen molar-refractivity contribution < 1.29 is 22.7 Å². The van der Waals surface area contributed by atoms with Crippen LogP contribution in [0.5, 0.6) is 0 Å². The van der Waals surface area contributed by atoms with Crippen LogP contribution in [0, 0.1) is 0 Å². The highest BCUT2D eigenvalue weighted by molar-refractivity contribution is 7.99. The third-order valence-corrected chi connectivity index (χ3v) is 5.77. The van der Waals surface area contributed by atoms with Crippen molar-refractivity contribution in [3.8, 4) is 0 Å². The van der Waals surface area contributed by atoms with Gasteiger partial charge in [-0.1, -0.05) is 78.3 Å². The number of hydrogen-bond acceptors (Lipinski definition) is 3. The van der Waals surface area contributed by atoms with Crippen LogP contribution in [-0.2, 0) is 15.7 Å². The van der Waals surface area contributed by atoms with Gasteiger partial charge in [0.25, 0.3) is 0 Å². The first-order valence-electron chi connectivity index (χ1n) is 9.81. The molecule has 0 aliphatic rings. The van der Waals surface area contributed by atoms with Gasteiger partial charge < -0.3 is 10.1 Å². The molecule has 0 radical (unpaired) electrons. The Morgan fingerprint density at radius 1 is 0.938 bits per heavy atom. The molecule has 0 aromatic heterocycles. The molecule has 0 bridgehead atoms. The van der Waals surface area contributed by atoms with Gasteiger partial charge in [0.05, 0.1) is 28.6 Å². The van der Waals surface area contributed by atoms with Crippen LogP contribution in [0.25, 0.3) is 0 Å². The van der Waals surface area contributed by atoms with Gasteiger partial charge in [0.2, 0.25) is 5.91 Å². The zero-order chi connectivity index (χ0) is 23.0. The summed E-state index contributed by atoms with van der Waals surface area (Å²) in [4.78, 5) is 12.2. The van der Waals surface area contributed by atoms with Gasteiger partial charge in [-0.3, -0.25) is 4.79 Å². The van der Waals surface area contributed by atoms with E-state index in [0.29, 0.717) is 12.4 Å². The number of nitrogens with one attached hydrogen (secondary N) is 1. The van der Waals surface area contributed by atoms with E-state index in [0.717, 1.165) is 17.2 Å². The predicted molar refractivity (Wildman–Crippen MR) is 123 cm³/mol. The molecule has 0 heterocycles. The van der Waals surface area contributed by atoms with Crippen LogP contribution in [-0.4, -0.2) is 24.0 Å². The van der Waals surface area contributed by atoms with Crippen molar-refractivity contribution in [2.24, 2.45) is 0 Å². The smallest absolute Gasteiger partial charge is 0.368 e. The number of anilines is 1. The maximum atomic E-state index is 13.2. The van der Waals surface area contributed by atoms with Crippen molar-refractivity contribution in [3.05, 3.63) is 101 Å². The fourth-order valence-electron chi connectivity index (χ4n) is 3.09. The number of alkyl halides is 3. The summed E-state index contributed by atoms with van der Waals surface area (Å²) >= 11 is 7.14. The number of amides is 1. The van der Waals surface area contributed by atoms with Gasteiger partial charge in [-0.2, -0.15) is 13.2 Å². The number of hydrogen-bond donors (Lipinski definition) is 1. The van der Waals surface area contributed by atoms with Crippen molar-refractivity contribution in [3.63, 3.8) is 0 Å². The van der Waals surface area contributed by atoms with Crippen LogP contribution in [0.1, 0.15) is 22.8 Å². The molecule has 3 aromatic carbocycles. The summed E-state index contributed by atoms with van der Waals surface area (Å²) < 4.78 is 45.5. The van der Waals surface area contributed by atoms with E-state index in [-0.39, 0.29) is 16.9 Å². The Morgan fingerprint density at radius 2 is 1.53 bits per heavy atom. The van der Waals surface area contributed by atoms with Gasteiger partial charge in [0, 0.05) is 5.75 Å². The van der Waals surface area contributed by atoms with E-state index in [9.17, 15) is 18.0 Å². The van der Waals surface area contributed by atoms with Crippen molar-refractivity contribution in [2.45, 2.75) is 12.3 Å². The van der Waals surface area contributed by atoms with E-state index in [4.69, 9.17) is 16.3 Å². The Labute approximate surface area is 193 Å². The van der Waals surface area contributed by atoms with Gasteiger partial charge in [-0.25, -0.2) is 0 Å². The third kappa shape index (κ3) is 6.76. The van der Waals surface area contributed by atoms with E-state index in [2.05, 4.69) is 5.32 Å². The maximum Gasteiger partial charge on any atom is 0.418 e. The summed E-state index contributed by atoms with van der Waals surface area (Å²) in [5, 5.41) is 2.13. The Hall–Kier alpha value is -2.48. The Balaban J connectivity index is 1.52. The summed E-state index contributed by atoms with van der Waals surface area (Å²) in [5.41, 5.74) is 0.636.